The molecule has 0 aromatic heterocycles. The molecular formula is C33H62NO6+. The number of allylic oxidation sites excluding steroid dienone is 2. The molecule has 3 N–H and O–H groups in total. The van der Waals surface area contributed by atoms with Gasteiger partial charge in [-0.25, -0.2) is 0 Å². The molecule has 0 saturated carbocycles. The van der Waals surface area contributed by atoms with E-state index in [2.05, 4.69) is 19.1 Å². The summed E-state index contributed by atoms with van der Waals surface area (Å²) < 4.78 is 0.229. The Hall–Kier alpha value is -1.89. The number of nitrogens with zero attached hydrogens (tertiary/aromatic N) is 1. The zero-order valence-corrected chi connectivity index (χ0v) is 26.2. The molecule has 0 aliphatic heterocycles. The highest BCUT2D eigenvalue weighted by Gasteiger charge is 2.40. The zero-order chi connectivity index (χ0) is 30.2. The first kappa shape index (κ1) is 38.1. The lowest BCUT2D eigenvalue weighted by Crippen LogP contribution is -2.58. The molecule has 3 unspecified atom stereocenters. The molecule has 0 amide bonds. The summed E-state index contributed by atoms with van der Waals surface area (Å²) in [6.07, 6.45) is 23.0. The largest absolute Gasteiger partial charge is 0.481 e. The maximum absolute atomic E-state index is 12.0. The van der Waals surface area contributed by atoms with Crippen LogP contribution in [-0.2, 0) is 14.4 Å². The number of hydrogen-bond acceptors (Lipinski definition) is 3. The lowest BCUT2D eigenvalue weighted by Gasteiger charge is -2.43. The second-order valence-electron chi connectivity index (χ2n) is 11.9. The predicted molar refractivity (Wildman–Crippen MR) is 163 cm³/mol. The summed E-state index contributed by atoms with van der Waals surface area (Å²) in [6, 6.07) is 0. The first-order chi connectivity index (χ1) is 19.2. The molecule has 0 aliphatic carbocycles. The molecule has 0 saturated heterocycles. The molecule has 3 atom stereocenters. The van der Waals surface area contributed by atoms with Gasteiger partial charge in [0.25, 0.3) is 0 Å². The van der Waals surface area contributed by atoms with E-state index < -0.39 is 35.7 Å². The van der Waals surface area contributed by atoms with Crippen LogP contribution in [0.5, 0.6) is 0 Å². The third kappa shape index (κ3) is 17.7. The van der Waals surface area contributed by atoms with Gasteiger partial charge in [-0.2, -0.15) is 0 Å². The lowest BCUT2D eigenvalue weighted by molar-refractivity contribution is -0.935. The number of carboxylic acids is 3. The van der Waals surface area contributed by atoms with Crippen LogP contribution in [0, 0.1) is 17.8 Å². The topological polar surface area (TPSA) is 112 Å². The van der Waals surface area contributed by atoms with Crippen molar-refractivity contribution in [3.63, 3.8) is 0 Å². The third-order valence-corrected chi connectivity index (χ3v) is 8.49. The molecule has 0 fully saturated rings. The Kier molecular flexibility index (Phi) is 22.7. The van der Waals surface area contributed by atoms with Gasteiger partial charge in [-0.1, -0.05) is 104 Å². The summed E-state index contributed by atoms with van der Waals surface area (Å²) in [7, 11) is 0. The summed E-state index contributed by atoms with van der Waals surface area (Å²) in [6.45, 7) is 9.12. The molecule has 0 heterocycles. The van der Waals surface area contributed by atoms with Crippen LogP contribution in [-0.4, -0.2) is 63.9 Å². The van der Waals surface area contributed by atoms with E-state index in [-0.39, 0.29) is 24.1 Å². The standard InChI is InChI=1S/C33H61NO6/c1-5-9-10-11-12-13-14-15-16-17-18-19-20-21-22-23-24-34(25-28(6-2)31(35)36,26-29(7-3)32(37)38)27-30(8-4)33(39)40/h20-21,28-30H,5-19,22-27H2,1-4H3,(H2-,35,36,37,38,39,40)/p+1/b21-20+. The van der Waals surface area contributed by atoms with Gasteiger partial charge in [0.1, 0.15) is 17.8 Å². The minimum absolute atomic E-state index is 0.229. The van der Waals surface area contributed by atoms with Crippen molar-refractivity contribution in [2.45, 2.75) is 137 Å². The summed E-state index contributed by atoms with van der Waals surface area (Å²) in [5.41, 5.74) is 0. The quantitative estimate of drug-likeness (QED) is 0.0498. The number of hydrogen-bond donors (Lipinski definition) is 3. The van der Waals surface area contributed by atoms with Crippen molar-refractivity contribution in [1.29, 1.82) is 0 Å². The van der Waals surface area contributed by atoms with Gasteiger partial charge in [-0.05, 0) is 38.5 Å². The molecule has 234 valence electrons. The van der Waals surface area contributed by atoms with Crippen molar-refractivity contribution in [3.8, 4) is 0 Å². The van der Waals surface area contributed by atoms with E-state index in [0.29, 0.717) is 25.8 Å². The van der Waals surface area contributed by atoms with Crippen molar-refractivity contribution >= 4 is 17.9 Å². The Bertz CT molecular complexity index is 647. The fraction of sp³-hybridized carbons (Fsp3) is 0.848. The number of carboxylic acid groups (broad SMARTS) is 3. The number of unbranched alkanes of at least 4 members (excludes halogenated alkanes) is 12. The molecule has 7 heteroatoms. The SMILES string of the molecule is CCCCCCCCCCCCC/C=C/CCC[N+](CC(CC)C(=O)O)(CC(CC)C(=O)O)CC(CC)C(=O)O. The predicted octanol–water partition coefficient (Wildman–Crippen LogP) is 8.17. The van der Waals surface area contributed by atoms with Gasteiger partial charge in [0.05, 0.1) is 26.2 Å². The maximum atomic E-state index is 12.0. The van der Waals surface area contributed by atoms with E-state index in [9.17, 15) is 29.7 Å². The third-order valence-electron chi connectivity index (χ3n) is 8.49. The Morgan fingerprint density at radius 1 is 0.525 bits per heavy atom. The van der Waals surface area contributed by atoms with Crippen LogP contribution in [0.15, 0.2) is 12.2 Å². The molecule has 0 aromatic rings. The normalized spacial score (nSPS) is 15.5. The van der Waals surface area contributed by atoms with Crippen LogP contribution in [0.1, 0.15) is 137 Å². The van der Waals surface area contributed by atoms with Crippen molar-refractivity contribution in [1.82, 2.24) is 0 Å². The summed E-state index contributed by atoms with van der Waals surface area (Å²) >= 11 is 0. The Balaban J connectivity index is 4.94. The van der Waals surface area contributed by atoms with E-state index in [1.54, 1.807) is 0 Å². The number of quaternary nitrogens is 1. The monoisotopic (exact) mass is 568 g/mol. The van der Waals surface area contributed by atoms with Crippen molar-refractivity contribution in [2.24, 2.45) is 17.8 Å². The molecule has 0 aliphatic rings. The van der Waals surface area contributed by atoms with Gasteiger partial charge in [-0.3, -0.25) is 14.4 Å². The molecule has 7 nitrogen and oxygen atoms in total. The van der Waals surface area contributed by atoms with Gasteiger partial charge in [0.2, 0.25) is 0 Å². The second-order valence-corrected chi connectivity index (χ2v) is 11.9. The Morgan fingerprint density at radius 2 is 0.850 bits per heavy atom. The maximum Gasteiger partial charge on any atom is 0.312 e. The molecule has 0 spiro atoms. The molecule has 0 bridgehead atoms. The van der Waals surface area contributed by atoms with Crippen molar-refractivity contribution < 1.29 is 34.2 Å². The molecule has 0 aromatic carbocycles. The summed E-state index contributed by atoms with van der Waals surface area (Å²) in [5, 5.41) is 29.4. The molecule has 40 heavy (non-hydrogen) atoms. The van der Waals surface area contributed by atoms with Crippen LogP contribution in [0.4, 0.5) is 0 Å². The van der Waals surface area contributed by atoms with Gasteiger partial charge in [0.15, 0.2) is 0 Å². The van der Waals surface area contributed by atoms with Crippen molar-refractivity contribution in [2.75, 3.05) is 26.2 Å². The van der Waals surface area contributed by atoms with Crippen LogP contribution >= 0.6 is 0 Å². The molecule has 0 radical (unpaired) electrons. The van der Waals surface area contributed by atoms with Gasteiger partial charge < -0.3 is 19.8 Å². The van der Waals surface area contributed by atoms with Crippen LogP contribution in [0.2, 0.25) is 0 Å². The zero-order valence-electron chi connectivity index (χ0n) is 26.2. The average Bonchev–Trinajstić information content (AvgIpc) is 2.92. The van der Waals surface area contributed by atoms with Gasteiger partial charge in [-0.15, -0.1) is 0 Å². The highest BCUT2D eigenvalue weighted by Crippen LogP contribution is 2.25. The molecular weight excluding hydrogens is 506 g/mol. The summed E-state index contributed by atoms with van der Waals surface area (Å²) in [4.78, 5) is 35.9. The Labute approximate surface area is 245 Å². The first-order valence-corrected chi connectivity index (χ1v) is 16.3. The van der Waals surface area contributed by atoms with E-state index in [0.717, 1.165) is 19.3 Å². The summed E-state index contributed by atoms with van der Waals surface area (Å²) in [5.74, 6) is -4.59. The minimum Gasteiger partial charge on any atom is -0.481 e. The van der Waals surface area contributed by atoms with E-state index in [4.69, 9.17) is 0 Å². The number of aliphatic carboxylic acids is 3. The average molecular weight is 569 g/mol. The van der Waals surface area contributed by atoms with Crippen LogP contribution < -0.4 is 0 Å². The van der Waals surface area contributed by atoms with E-state index in [1.165, 1.54) is 70.6 Å². The van der Waals surface area contributed by atoms with Gasteiger partial charge >= 0.3 is 17.9 Å². The highest BCUT2D eigenvalue weighted by atomic mass is 16.4. The van der Waals surface area contributed by atoms with Crippen LogP contribution in [0.25, 0.3) is 0 Å². The Morgan fingerprint density at radius 3 is 1.18 bits per heavy atom. The van der Waals surface area contributed by atoms with E-state index in [1.807, 2.05) is 20.8 Å². The van der Waals surface area contributed by atoms with E-state index >= 15 is 0 Å². The van der Waals surface area contributed by atoms with Crippen molar-refractivity contribution in [3.05, 3.63) is 12.2 Å². The second kappa shape index (κ2) is 23.8. The van der Waals surface area contributed by atoms with Gasteiger partial charge in [0, 0.05) is 6.42 Å². The highest BCUT2D eigenvalue weighted by molar-refractivity contribution is 5.71. The van der Waals surface area contributed by atoms with Crippen LogP contribution in [0.3, 0.4) is 0 Å². The smallest absolute Gasteiger partial charge is 0.312 e. The molecule has 0 rings (SSSR count). The minimum atomic E-state index is -0.899. The fourth-order valence-electron chi connectivity index (χ4n) is 5.75. The first-order valence-electron chi connectivity index (χ1n) is 16.3. The lowest BCUT2D eigenvalue weighted by atomic mass is 9.95. The number of rotatable bonds is 28. The fourth-order valence-corrected chi connectivity index (χ4v) is 5.75. The number of carbonyl (C=O) groups is 3.